The molecule has 0 unspecified atom stereocenters. The molecule has 0 radical (unpaired) electrons. The lowest BCUT2D eigenvalue weighted by Gasteiger charge is -2.22. The van der Waals surface area contributed by atoms with Gasteiger partial charge in [-0.05, 0) is 37.6 Å². The van der Waals surface area contributed by atoms with Crippen LogP contribution in [0.25, 0.3) is 0 Å². The van der Waals surface area contributed by atoms with Gasteiger partial charge in [-0.15, -0.1) is 0 Å². The maximum Gasteiger partial charge on any atom is 0.254 e. The number of benzene rings is 1. The SMILES string of the molecule is CCNc1ccc(C(=O)N(CCC#N)CCOC)c(C)c1. The van der Waals surface area contributed by atoms with Crippen molar-refractivity contribution in [3.63, 3.8) is 0 Å². The maximum absolute atomic E-state index is 12.6. The summed E-state index contributed by atoms with van der Waals surface area (Å²) in [4.78, 5) is 14.3. The molecule has 1 aromatic rings. The molecule has 0 aliphatic heterocycles. The van der Waals surface area contributed by atoms with Crippen molar-refractivity contribution in [2.45, 2.75) is 20.3 Å². The molecule has 0 aliphatic carbocycles. The van der Waals surface area contributed by atoms with Crippen LogP contribution < -0.4 is 5.32 Å². The number of hydrogen-bond donors (Lipinski definition) is 1. The Morgan fingerprint density at radius 3 is 2.76 bits per heavy atom. The largest absolute Gasteiger partial charge is 0.385 e. The molecule has 0 heterocycles. The molecule has 0 spiro atoms. The Balaban J connectivity index is 2.89. The van der Waals surface area contributed by atoms with E-state index in [4.69, 9.17) is 10.00 Å². The van der Waals surface area contributed by atoms with E-state index in [0.29, 0.717) is 31.7 Å². The summed E-state index contributed by atoms with van der Waals surface area (Å²) < 4.78 is 5.03. The van der Waals surface area contributed by atoms with Crippen LogP contribution in [0, 0.1) is 18.3 Å². The number of ether oxygens (including phenoxy) is 1. The predicted molar refractivity (Wildman–Crippen MR) is 83.4 cm³/mol. The van der Waals surface area contributed by atoms with Crippen LogP contribution in [0.5, 0.6) is 0 Å². The highest BCUT2D eigenvalue weighted by atomic mass is 16.5. The van der Waals surface area contributed by atoms with Crippen LogP contribution in [0.15, 0.2) is 18.2 Å². The van der Waals surface area contributed by atoms with E-state index in [0.717, 1.165) is 17.8 Å². The zero-order valence-electron chi connectivity index (χ0n) is 13.0. The number of aryl methyl sites for hydroxylation is 1. The molecule has 21 heavy (non-hydrogen) atoms. The van der Waals surface area contributed by atoms with E-state index in [1.807, 2.05) is 32.0 Å². The third kappa shape index (κ3) is 5.09. The zero-order valence-corrected chi connectivity index (χ0v) is 13.0. The van der Waals surface area contributed by atoms with Gasteiger partial charge in [-0.25, -0.2) is 0 Å². The standard InChI is InChI=1S/C16H23N3O2/c1-4-18-14-6-7-15(13(2)12-14)16(20)19(9-5-8-17)10-11-21-3/h6-7,12,18H,4-5,9-11H2,1-3H3. The molecular weight excluding hydrogens is 266 g/mol. The first-order chi connectivity index (χ1) is 10.1. The van der Waals surface area contributed by atoms with E-state index < -0.39 is 0 Å². The molecule has 0 atom stereocenters. The van der Waals surface area contributed by atoms with Crippen molar-refractivity contribution < 1.29 is 9.53 Å². The Morgan fingerprint density at radius 2 is 2.19 bits per heavy atom. The minimum Gasteiger partial charge on any atom is -0.385 e. The van der Waals surface area contributed by atoms with Crippen LogP contribution in [-0.2, 0) is 4.74 Å². The average molecular weight is 289 g/mol. The number of anilines is 1. The molecule has 1 N–H and O–H groups in total. The number of nitriles is 1. The number of carbonyl (C=O) groups excluding carboxylic acids is 1. The van der Waals surface area contributed by atoms with Crippen LogP contribution in [0.3, 0.4) is 0 Å². The summed E-state index contributed by atoms with van der Waals surface area (Å²) in [7, 11) is 1.60. The lowest BCUT2D eigenvalue weighted by molar-refractivity contribution is 0.0699. The second-order valence-electron chi connectivity index (χ2n) is 4.75. The van der Waals surface area contributed by atoms with Crippen molar-refractivity contribution in [2.75, 3.05) is 38.7 Å². The smallest absolute Gasteiger partial charge is 0.254 e. The fraction of sp³-hybridized carbons (Fsp3) is 0.500. The predicted octanol–water partition coefficient (Wildman–Crippen LogP) is 2.43. The van der Waals surface area contributed by atoms with E-state index in [2.05, 4.69) is 11.4 Å². The number of rotatable bonds is 8. The van der Waals surface area contributed by atoms with Crippen molar-refractivity contribution >= 4 is 11.6 Å². The monoisotopic (exact) mass is 289 g/mol. The van der Waals surface area contributed by atoms with Gasteiger partial charge in [0.25, 0.3) is 5.91 Å². The number of carbonyl (C=O) groups is 1. The Bertz CT molecular complexity index is 509. The molecular formula is C16H23N3O2. The van der Waals surface area contributed by atoms with Crippen LogP contribution >= 0.6 is 0 Å². The first-order valence-corrected chi connectivity index (χ1v) is 7.13. The van der Waals surface area contributed by atoms with E-state index in [9.17, 15) is 4.79 Å². The molecule has 0 fully saturated rings. The minimum atomic E-state index is -0.0529. The molecule has 1 amide bonds. The minimum absolute atomic E-state index is 0.0529. The molecule has 0 saturated carbocycles. The second kappa shape index (κ2) is 8.98. The third-order valence-electron chi connectivity index (χ3n) is 3.18. The first-order valence-electron chi connectivity index (χ1n) is 7.13. The highest BCUT2D eigenvalue weighted by Gasteiger charge is 2.17. The second-order valence-corrected chi connectivity index (χ2v) is 4.75. The summed E-state index contributed by atoms with van der Waals surface area (Å²) in [5.41, 5.74) is 2.61. The summed E-state index contributed by atoms with van der Waals surface area (Å²) in [5.74, 6) is -0.0529. The maximum atomic E-state index is 12.6. The van der Waals surface area contributed by atoms with Gasteiger partial charge in [-0.3, -0.25) is 4.79 Å². The van der Waals surface area contributed by atoms with Gasteiger partial charge in [-0.2, -0.15) is 5.26 Å². The quantitative estimate of drug-likeness (QED) is 0.798. The van der Waals surface area contributed by atoms with Gasteiger partial charge in [0.05, 0.1) is 19.1 Å². The molecule has 0 saturated heterocycles. The normalized spacial score (nSPS) is 10.0. The average Bonchev–Trinajstić information content (AvgIpc) is 2.47. The van der Waals surface area contributed by atoms with E-state index in [1.165, 1.54) is 0 Å². The number of nitrogens with one attached hydrogen (secondary N) is 1. The van der Waals surface area contributed by atoms with Gasteiger partial charge in [0.15, 0.2) is 0 Å². The van der Waals surface area contributed by atoms with Gasteiger partial charge in [0, 0.05) is 38.0 Å². The summed E-state index contributed by atoms with van der Waals surface area (Å²) in [5, 5.41) is 11.9. The van der Waals surface area contributed by atoms with Crippen LogP contribution in [0.4, 0.5) is 5.69 Å². The van der Waals surface area contributed by atoms with Crippen molar-refractivity contribution in [2.24, 2.45) is 0 Å². The van der Waals surface area contributed by atoms with Crippen LogP contribution in [0.1, 0.15) is 29.3 Å². The van der Waals surface area contributed by atoms with Gasteiger partial charge >= 0.3 is 0 Å². The molecule has 5 nitrogen and oxygen atoms in total. The van der Waals surface area contributed by atoms with Crippen molar-refractivity contribution in [3.8, 4) is 6.07 Å². The van der Waals surface area contributed by atoms with E-state index >= 15 is 0 Å². The van der Waals surface area contributed by atoms with Gasteiger partial charge in [0.2, 0.25) is 0 Å². The Labute approximate surface area is 126 Å². The van der Waals surface area contributed by atoms with Gasteiger partial charge < -0.3 is 15.0 Å². The summed E-state index contributed by atoms with van der Waals surface area (Å²) in [6.07, 6.45) is 0.323. The Morgan fingerprint density at radius 1 is 1.43 bits per heavy atom. The highest BCUT2D eigenvalue weighted by Crippen LogP contribution is 2.17. The lowest BCUT2D eigenvalue weighted by atomic mass is 10.1. The van der Waals surface area contributed by atoms with Gasteiger partial charge in [-0.1, -0.05) is 0 Å². The lowest BCUT2D eigenvalue weighted by Crippen LogP contribution is -2.35. The van der Waals surface area contributed by atoms with Crippen LogP contribution in [0.2, 0.25) is 0 Å². The molecule has 1 aromatic carbocycles. The molecule has 114 valence electrons. The topological polar surface area (TPSA) is 65.4 Å². The molecule has 0 aliphatic rings. The van der Waals surface area contributed by atoms with Crippen molar-refractivity contribution in [3.05, 3.63) is 29.3 Å². The Hall–Kier alpha value is -2.06. The first kappa shape index (κ1) is 17.0. The van der Waals surface area contributed by atoms with Crippen LogP contribution in [-0.4, -0.2) is 44.2 Å². The highest BCUT2D eigenvalue weighted by molar-refractivity contribution is 5.96. The van der Waals surface area contributed by atoms with E-state index in [-0.39, 0.29) is 5.91 Å². The summed E-state index contributed by atoms with van der Waals surface area (Å²) >= 11 is 0. The molecule has 1 rings (SSSR count). The fourth-order valence-electron chi connectivity index (χ4n) is 2.09. The zero-order chi connectivity index (χ0) is 15.7. The summed E-state index contributed by atoms with van der Waals surface area (Å²) in [6, 6.07) is 7.78. The van der Waals surface area contributed by atoms with Crippen molar-refractivity contribution in [1.29, 1.82) is 5.26 Å². The van der Waals surface area contributed by atoms with Gasteiger partial charge in [0.1, 0.15) is 0 Å². The summed E-state index contributed by atoms with van der Waals surface area (Å²) in [6.45, 7) is 6.18. The number of hydrogen-bond acceptors (Lipinski definition) is 4. The number of nitrogens with zero attached hydrogens (tertiary/aromatic N) is 2. The fourth-order valence-corrected chi connectivity index (χ4v) is 2.09. The third-order valence-corrected chi connectivity index (χ3v) is 3.18. The van der Waals surface area contributed by atoms with Crippen molar-refractivity contribution in [1.82, 2.24) is 4.90 Å². The Kier molecular flexibility index (Phi) is 7.27. The number of methoxy groups -OCH3 is 1. The number of amides is 1. The molecule has 5 heteroatoms. The molecule has 0 aromatic heterocycles. The molecule has 0 bridgehead atoms. The van der Waals surface area contributed by atoms with E-state index in [1.54, 1.807) is 12.0 Å².